The summed E-state index contributed by atoms with van der Waals surface area (Å²) in [4.78, 5) is 0. The summed E-state index contributed by atoms with van der Waals surface area (Å²) in [5, 5.41) is 0. The van der Waals surface area contributed by atoms with Crippen molar-refractivity contribution in [2.75, 3.05) is 27.2 Å². The van der Waals surface area contributed by atoms with Crippen molar-refractivity contribution >= 4 is 29.8 Å². The molecule has 0 aliphatic carbocycles. The van der Waals surface area contributed by atoms with Gasteiger partial charge in [-0.15, -0.1) is 12.4 Å². The molecule has 0 saturated carbocycles. The molecular weight excluding hydrogens is 208 g/mol. The average Bonchev–Trinajstić information content (AvgIpc) is 1.64. The summed E-state index contributed by atoms with van der Waals surface area (Å²) < 4.78 is 0.951. The molecule has 0 atom stereocenters. The molecule has 12 heavy (non-hydrogen) atoms. The highest BCUT2D eigenvalue weighted by Crippen LogP contribution is 1.95. The number of rotatable bonds is 4. The van der Waals surface area contributed by atoms with Crippen LogP contribution < -0.4 is 12.4 Å². The van der Waals surface area contributed by atoms with Gasteiger partial charge in [0.1, 0.15) is 0 Å². The molecule has 0 spiro atoms. The fourth-order valence-corrected chi connectivity index (χ4v) is 0.774. The second-order valence-corrected chi connectivity index (χ2v) is 2.88. The second kappa shape index (κ2) is 11.6. The lowest BCUT2D eigenvalue weighted by Crippen LogP contribution is -3.00. The van der Waals surface area contributed by atoms with Crippen molar-refractivity contribution in [2.45, 2.75) is 0 Å². The SMILES string of the molecule is C=CC[N+](C)(C)CC=C.Cl.[AlH3].[Cl-]. The molecule has 0 saturated heterocycles. The van der Waals surface area contributed by atoms with Gasteiger partial charge in [0.25, 0.3) is 0 Å². The van der Waals surface area contributed by atoms with Crippen LogP contribution in [0.1, 0.15) is 0 Å². The summed E-state index contributed by atoms with van der Waals surface area (Å²) in [6.07, 6.45) is 3.87. The van der Waals surface area contributed by atoms with Gasteiger partial charge in [-0.3, -0.25) is 0 Å². The van der Waals surface area contributed by atoms with Crippen LogP contribution in [0.5, 0.6) is 0 Å². The minimum atomic E-state index is 0. The molecule has 0 fully saturated rings. The number of nitrogens with zero attached hydrogens (tertiary/aromatic N) is 1. The van der Waals surface area contributed by atoms with Gasteiger partial charge in [-0.25, -0.2) is 0 Å². The van der Waals surface area contributed by atoms with Crippen molar-refractivity contribution < 1.29 is 16.9 Å². The third kappa shape index (κ3) is 13.2. The Balaban J connectivity index is -0.000000107. The molecule has 0 aliphatic rings. The third-order valence-corrected chi connectivity index (χ3v) is 1.25. The van der Waals surface area contributed by atoms with E-state index in [0.717, 1.165) is 17.6 Å². The molecule has 0 aromatic rings. The molecule has 1 nitrogen and oxygen atoms in total. The van der Waals surface area contributed by atoms with Gasteiger partial charge in [0, 0.05) is 0 Å². The minimum absolute atomic E-state index is 0. The fourth-order valence-electron chi connectivity index (χ4n) is 0.774. The summed E-state index contributed by atoms with van der Waals surface area (Å²) >= 11 is 0. The van der Waals surface area contributed by atoms with Crippen LogP contribution >= 0.6 is 12.4 Å². The number of hydrogen-bond acceptors (Lipinski definition) is 0. The Morgan fingerprint density at radius 3 is 1.50 bits per heavy atom. The lowest BCUT2D eigenvalue weighted by Gasteiger charge is -2.26. The zero-order valence-corrected chi connectivity index (χ0v) is 8.79. The Hall–Kier alpha value is 0.552. The van der Waals surface area contributed by atoms with Crippen molar-refractivity contribution in [1.82, 2.24) is 0 Å². The highest BCUT2D eigenvalue weighted by Gasteiger charge is 2.07. The Kier molecular flexibility index (Phi) is 22.0. The quantitative estimate of drug-likeness (QED) is 0.288. The summed E-state index contributed by atoms with van der Waals surface area (Å²) in [6, 6.07) is 0. The molecule has 0 N–H and O–H groups in total. The maximum Gasteiger partial charge on any atom is 0.187 e. The number of quaternary nitrogens is 1. The fraction of sp³-hybridized carbons (Fsp3) is 0.500. The normalized spacial score (nSPS) is 8.17. The third-order valence-electron chi connectivity index (χ3n) is 1.25. The Bertz CT molecular complexity index is 104. The van der Waals surface area contributed by atoms with Gasteiger partial charge in [-0.1, -0.05) is 13.2 Å². The van der Waals surface area contributed by atoms with Gasteiger partial charge in [-0.05, 0) is 12.2 Å². The summed E-state index contributed by atoms with van der Waals surface area (Å²) in [7, 11) is 4.31. The molecule has 0 radical (unpaired) electrons. The standard InChI is InChI=1S/C8H16N.Al.2ClH.3H/c1-5-7-9(3,4)8-6-2;;;;;;/h5-6H,1-2,7-8H2,3-4H3;;2*1H;;;/q+1;;;;;;/p-1. The molecule has 0 aliphatic heterocycles. The minimum Gasteiger partial charge on any atom is -1.00 e. The van der Waals surface area contributed by atoms with Gasteiger partial charge >= 0.3 is 0 Å². The first-order chi connectivity index (χ1) is 4.12. The zero-order valence-electron chi connectivity index (χ0n) is 7.22. The van der Waals surface area contributed by atoms with E-state index in [4.69, 9.17) is 0 Å². The zero-order chi connectivity index (χ0) is 7.33. The molecule has 0 heterocycles. The monoisotopic (exact) mass is 227 g/mol. The van der Waals surface area contributed by atoms with Crippen LogP contribution in [0.4, 0.5) is 0 Å². The second-order valence-electron chi connectivity index (χ2n) is 2.88. The van der Waals surface area contributed by atoms with Gasteiger partial charge in [0.15, 0.2) is 17.4 Å². The molecule has 0 rings (SSSR count). The summed E-state index contributed by atoms with van der Waals surface area (Å²) in [5.74, 6) is 0. The van der Waals surface area contributed by atoms with Crippen LogP contribution in [0, 0.1) is 0 Å². The maximum atomic E-state index is 3.68. The van der Waals surface area contributed by atoms with E-state index in [9.17, 15) is 0 Å². The highest BCUT2D eigenvalue weighted by molar-refractivity contribution is 5.85. The predicted molar refractivity (Wildman–Crippen MR) is 59.4 cm³/mol. The van der Waals surface area contributed by atoms with Crippen molar-refractivity contribution in [3.8, 4) is 0 Å². The van der Waals surface area contributed by atoms with Crippen LogP contribution in [-0.2, 0) is 0 Å². The largest absolute Gasteiger partial charge is 1.00 e. The van der Waals surface area contributed by atoms with E-state index in [-0.39, 0.29) is 42.2 Å². The van der Waals surface area contributed by atoms with Crippen molar-refractivity contribution in [3.63, 3.8) is 0 Å². The van der Waals surface area contributed by atoms with Crippen LogP contribution in [-0.4, -0.2) is 49.0 Å². The molecule has 0 aromatic carbocycles. The molecule has 4 heteroatoms. The molecular formula is C8H20AlCl2N. The summed E-state index contributed by atoms with van der Waals surface area (Å²) in [5.41, 5.74) is 0. The number of hydrogen-bond donors (Lipinski definition) is 0. The Labute approximate surface area is 99.1 Å². The van der Waals surface area contributed by atoms with E-state index < -0.39 is 0 Å². The predicted octanol–water partition coefficient (Wildman–Crippen LogP) is -2.32. The van der Waals surface area contributed by atoms with Crippen LogP contribution in [0.3, 0.4) is 0 Å². The van der Waals surface area contributed by atoms with Crippen LogP contribution in [0.25, 0.3) is 0 Å². The molecule has 0 aromatic heterocycles. The molecule has 0 unspecified atom stereocenters. The maximum absolute atomic E-state index is 3.68. The van der Waals surface area contributed by atoms with Gasteiger partial charge in [0.2, 0.25) is 0 Å². The van der Waals surface area contributed by atoms with E-state index >= 15 is 0 Å². The molecule has 0 amide bonds. The van der Waals surface area contributed by atoms with Crippen molar-refractivity contribution in [2.24, 2.45) is 0 Å². The Morgan fingerprint density at radius 2 is 1.33 bits per heavy atom. The lowest BCUT2D eigenvalue weighted by molar-refractivity contribution is -0.878. The average molecular weight is 228 g/mol. The molecule has 0 bridgehead atoms. The summed E-state index contributed by atoms with van der Waals surface area (Å²) in [6.45, 7) is 9.37. The molecule has 74 valence electrons. The first kappa shape index (κ1) is 22.9. The topological polar surface area (TPSA) is 0 Å². The van der Waals surface area contributed by atoms with E-state index in [1.54, 1.807) is 0 Å². The van der Waals surface area contributed by atoms with Crippen molar-refractivity contribution in [3.05, 3.63) is 25.3 Å². The van der Waals surface area contributed by atoms with E-state index in [2.05, 4.69) is 27.3 Å². The van der Waals surface area contributed by atoms with Gasteiger partial charge in [0.05, 0.1) is 27.2 Å². The van der Waals surface area contributed by atoms with E-state index in [1.165, 1.54) is 0 Å². The highest BCUT2D eigenvalue weighted by atomic mass is 35.5. The smallest absolute Gasteiger partial charge is 0.187 e. The Morgan fingerprint density at radius 1 is 1.08 bits per heavy atom. The van der Waals surface area contributed by atoms with E-state index in [0.29, 0.717) is 0 Å². The number of likely N-dealkylation sites (N-methyl/N-ethyl adjacent to an activating group) is 1. The van der Waals surface area contributed by atoms with Crippen molar-refractivity contribution in [1.29, 1.82) is 0 Å². The van der Waals surface area contributed by atoms with Gasteiger partial charge in [-0.2, -0.15) is 0 Å². The van der Waals surface area contributed by atoms with Crippen LogP contribution in [0.15, 0.2) is 25.3 Å². The van der Waals surface area contributed by atoms with Crippen LogP contribution in [0.2, 0.25) is 0 Å². The number of halogens is 2. The first-order valence-electron chi connectivity index (χ1n) is 3.16. The van der Waals surface area contributed by atoms with E-state index in [1.807, 2.05) is 12.2 Å². The van der Waals surface area contributed by atoms with Gasteiger partial charge < -0.3 is 16.9 Å². The lowest BCUT2D eigenvalue weighted by atomic mass is 10.4. The first-order valence-corrected chi connectivity index (χ1v) is 3.16.